The Morgan fingerprint density at radius 3 is 2.50 bits per heavy atom. The zero-order valence-electron chi connectivity index (χ0n) is 11.1. The van der Waals surface area contributed by atoms with Gasteiger partial charge in [-0.1, -0.05) is 6.07 Å². The van der Waals surface area contributed by atoms with E-state index in [0.29, 0.717) is 6.42 Å². The Kier molecular flexibility index (Phi) is 4.09. The van der Waals surface area contributed by atoms with Crippen LogP contribution in [0.5, 0.6) is 11.5 Å². The highest BCUT2D eigenvalue weighted by molar-refractivity contribution is 5.44. The molecule has 0 aliphatic carbocycles. The fourth-order valence-corrected chi connectivity index (χ4v) is 2.49. The molecule has 18 heavy (non-hydrogen) atoms. The van der Waals surface area contributed by atoms with Crippen LogP contribution in [-0.4, -0.2) is 31.7 Å². The van der Waals surface area contributed by atoms with Crippen LogP contribution in [0.3, 0.4) is 0 Å². The highest BCUT2D eigenvalue weighted by atomic mass is 16.6. The molecule has 1 aromatic carbocycles. The third-order valence-electron chi connectivity index (χ3n) is 3.50. The summed E-state index contributed by atoms with van der Waals surface area (Å²) < 4.78 is 16.0. The van der Waals surface area contributed by atoms with Crippen molar-refractivity contribution in [3.63, 3.8) is 0 Å². The molecule has 1 N–H and O–H groups in total. The number of hydrogen-bond donors (Lipinski definition) is 1. The minimum Gasteiger partial charge on any atom is -0.493 e. The molecule has 4 heteroatoms. The van der Waals surface area contributed by atoms with Crippen molar-refractivity contribution in [3.8, 4) is 11.5 Å². The summed E-state index contributed by atoms with van der Waals surface area (Å²) in [6.07, 6.45) is 0.962. The van der Waals surface area contributed by atoms with Gasteiger partial charge in [0, 0.05) is 5.92 Å². The molecule has 1 aromatic rings. The van der Waals surface area contributed by atoms with Crippen LogP contribution in [0, 0.1) is 0 Å². The minimum atomic E-state index is -0.628. The molecule has 0 amide bonds. The lowest BCUT2D eigenvalue weighted by Crippen LogP contribution is -2.31. The molecule has 3 atom stereocenters. The molecule has 0 spiro atoms. The summed E-state index contributed by atoms with van der Waals surface area (Å²) in [5.41, 5.74) is 1.16. The van der Waals surface area contributed by atoms with Crippen molar-refractivity contribution < 1.29 is 19.3 Å². The van der Waals surface area contributed by atoms with Crippen LogP contribution >= 0.6 is 0 Å². The second-order valence-electron chi connectivity index (χ2n) is 4.59. The van der Waals surface area contributed by atoms with Gasteiger partial charge >= 0.3 is 0 Å². The Labute approximate surface area is 107 Å². The van der Waals surface area contributed by atoms with Crippen molar-refractivity contribution in [2.24, 2.45) is 0 Å². The van der Waals surface area contributed by atoms with Crippen LogP contribution in [0.4, 0.5) is 0 Å². The molecule has 0 bridgehead atoms. The minimum absolute atomic E-state index is 0.00634. The van der Waals surface area contributed by atoms with Crippen molar-refractivity contribution >= 4 is 0 Å². The SMILES string of the molecule is COc1ccc([C@H]2CCC(O)O[C@H]2C)cc1OC. The largest absolute Gasteiger partial charge is 0.493 e. The third kappa shape index (κ3) is 2.60. The van der Waals surface area contributed by atoms with Crippen LogP contribution in [0.1, 0.15) is 31.2 Å². The molecule has 100 valence electrons. The summed E-state index contributed by atoms with van der Waals surface area (Å²) in [5, 5.41) is 9.46. The molecule has 0 aromatic heterocycles. The molecule has 1 aliphatic rings. The summed E-state index contributed by atoms with van der Waals surface area (Å²) in [6, 6.07) is 5.93. The first-order valence-electron chi connectivity index (χ1n) is 6.21. The molecule has 0 saturated carbocycles. The van der Waals surface area contributed by atoms with E-state index in [1.807, 2.05) is 25.1 Å². The van der Waals surface area contributed by atoms with Crippen LogP contribution < -0.4 is 9.47 Å². The monoisotopic (exact) mass is 252 g/mol. The van der Waals surface area contributed by atoms with E-state index < -0.39 is 6.29 Å². The topological polar surface area (TPSA) is 47.9 Å². The van der Waals surface area contributed by atoms with E-state index in [0.717, 1.165) is 23.5 Å². The van der Waals surface area contributed by atoms with E-state index in [-0.39, 0.29) is 12.0 Å². The highest BCUT2D eigenvalue weighted by Gasteiger charge is 2.28. The standard InChI is InChI=1S/C14H20O4/c1-9-11(5-7-14(15)18-9)10-4-6-12(16-2)13(8-10)17-3/h4,6,8-9,11,14-15H,5,7H2,1-3H3/t9-,11-,14?/m0/s1. The van der Waals surface area contributed by atoms with Crippen LogP contribution in [0.25, 0.3) is 0 Å². The first kappa shape index (κ1) is 13.2. The quantitative estimate of drug-likeness (QED) is 0.896. The Morgan fingerprint density at radius 1 is 1.17 bits per heavy atom. The smallest absolute Gasteiger partial charge is 0.160 e. The summed E-state index contributed by atoms with van der Waals surface area (Å²) in [4.78, 5) is 0. The zero-order chi connectivity index (χ0) is 13.1. The van der Waals surface area contributed by atoms with E-state index in [9.17, 15) is 5.11 Å². The average molecular weight is 252 g/mol. The van der Waals surface area contributed by atoms with Gasteiger partial charge in [-0.15, -0.1) is 0 Å². The Hall–Kier alpha value is -1.26. The number of benzene rings is 1. The average Bonchev–Trinajstić information content (AvgIpc) is 2.38. The lowest BCUT2D eigenvalue weighted by Gasteiger charge is -2.32. The van der Waals surface area contributed by atoms with Gasteiger partial charge in [-0.2, -0.15) is 0 Å². The first-order chi connectivity index (χ1) is 8.65. The molecular weight excluding hydrogens is 232 g/mol. The predicted molar refractivity (Wildman–Crippen MR) is 68.1 cm³/mol. The number of hydrogen-bond acceptors (Lipinski definition) is 4. The van der Waals surface area contributed by atoms with Gasteiger partial charge in [0.25, 0.3) is 0 Å². The van der Waals surface area contributed by atoms with E-state index in [1.165, 1.54) is 0 Å². The third-order valence-corrected chi connectivity index (χ3v) is 3.50. The Bertz CT molecular complexity index is 405. The molecular formula is C14H20O4. The Balaban J connectivity index is 2.23. The fraction of sp³-hybridized carbons (Fsp3) is 0.571. The maximum atomic E-state index is 9.46. The van der Waals surface area contributed by atoms with Crippen molar-refractivity contribution in [1.82, 2.24) is 0 Å². The van der Waals surface area contributed by atoms with E-state index in [4.69, 9.17) is 14.2 Å². The van der Waals surface area contributed by atoms with Gasteiger partial charge in [-0.05, 0) is 37.5 Å². The van der Waals surface area contributed by atoms with Gasteiger partial charge in [-0.3, -0.25) is 0 Å². The molecule has 1 aliphatic heterocycles. The maximum absolute atomic E-state index is 9.46. The van der Waals surface area contributed by atoms with E-state index in [2.05, 4.69) is 0 Å². The van der Waals surface area contributed by atoms with Crippen molar-refractivity contribution in [2.75, 3.05) is 14.2 Å². The first-order valence-corrected chi connectivity index (χ1v) is 6.21. The molecule has 1 fully saturated rings. The number of methoxy groups -OCH3 is 2. The zero-order valence-corrected chi connectivity index (χ0v) is 11.1. The number of aliphatic hydroxyl groups is 1. The summed E-state index contributed by atoms with van der Waals surface area (Å²) in [5.74, 6) is 1.74. The van der Waals surface area contributed by atoms with E-state index in [1.54, 1.807) is 14.2 Å². The Morgan fingerprint density at radius 2 is 1.89 bits per heavy atom. The van der Waals surface area contributed by atoms with Crippen LogP contribution in [-0.2, 0) is 4.74 Å². The normalized spacial score (nSPS) is 27.9. The number of rotatable bonds is 3. The van der Waals surface area contributed by atoms with Crippen molar-refractivity contribution in [2.45, 2.75) is 38.1 Å². The molecule has 0 radical (unpaired) electrons. The maximum Gasteiger partial charge on any atom is 0.160 e. The van der Waals surface area contributed by atoms with Crippen LogP contribution in [0.2, 0.25) is 0 Å². The van der Waals surface area contributed by atoms with Crippen LogP contribution in [0.15, 0.2) is 18.2 Å². The summed E-state index contributed by atoms with van der Waals surface area (Å²) in [6.45, 7) is 1.99. The van der Waals surface area contributed by atoms with Gasteiger partial charge in [0.05, 0.1) is 20.3 Å². The van der Waals surface area contributed by atoms with E-state index >= 15 is 0 Å². The molecule has 1 unspecified atom stereocenters. The lowest BCUT2D eigenvalue weighted by molar-refractivity contribution is -0.164. The fourth-order valence-electron chi connectivity index (χ4n) is 2.49. The second-order valence-corrected chi connectivity index (χ2v) is 4.59. The molecule has 1 saturated heterocycles. The summed E-state index contributed by atoms with van der Waals surface area (Å²) >= 11 is 0. The van der Waals surface area contributed by atoms with Gasteiger partial charge in [-0.25, -0.2) is 0 Å². The van der Waals surface area contributed by atoms with Crippen molar-refractivity contribution in [1.29, 1.82) is 0 Å². The van der Waals surface area contributed by atoms with Gasteiger partial charge in [0.15, 0.2) is 17.8 Å². The molecule has 2 rings (SSSR count). The predicted octanol–water partition coefficient (Wildman–Crippen LogP) is 2.30. The van der Waals surface area contributed by atoms with Gasteiger partial charge in [0.1, 0.15) is 0 Å². The molecule has 1 heterocycles. The number of aliphatic hydroxyl groups excluding tert-OH is 1. The lowest BCUT2D eigenvalue weighted by atomic mass is 9.87. The van der Waals surface area contributed by atoms with Crippen molar-refractivity contribution in [3.05, 3.63) is 23.8 Å². The number of ether oxygens (including phenoxy) is 3. The highest BCUT2D eigenvalue weighted by Crippen LogP contribution is 2.37. The summed E-state index contributed by atoms with van der Waals surface area (Å²) in [7, 11) is 3.26. The molecule has 4 nitrogen and oxygen atoms in total. The van der Waals surface area contributed by atoms with Gasteiger partial charge in [0.2, 0.25) is 0 Å². The second kappa shape index (κ2) is 5.59. The van der Waals surface area contributed by atoms with Gasteiger partial charge < -0.3 is 19.3 Å².